The van der Waals surface area contributed by atoms with E-state index < -0.39 is 35.7 Å². The SMILES string of the molecule is CO[C@H]1C[C@H](C)CC2=C(N[C@@H](C)CO)C(=O)C=C(NC(=O)/C(C)=C\C=C\[C@@H](OC)[CH]/C(C)=C/[C@H](C)[C@H]1O)C2=O. The second-order valence-electron chi connectivity index (χ2n) is 10.5. The Morgan fingerprint density at radius 2 is 1.85 bits per heavy atom. The molecule has 39 heavy (non-hydrogen) atoms. The van der Waals surface area contributed by atoms with Crippen LogP contribution in [0.3, 0.4) is 0 Å². The highest BCUT2D eigenvalue weighted by Crippen LogP contribution is 2.28. The van der Waals surface area contributed by atoms with Gasteiger partial charge in [0, 0.05) is 49.8 Å². The van der Waals surface area contributed by atoms with E-state index in [4.69, 9.17) is 9.47 Å². The van der Waals surface area contributed by atoms with E-state index in [1.54, 1.807) is 39.2 Å². The summed E-state index contributed by atoms with van der Waals surface area (Å²) in [5, 5.41) is 26.2. The fourth-order valence-corrected chi connectivity index (χ4v) is 4.61. The van der Waals surface area contributed by atoms with Crippen molar-refractivity contribution in [2.45, 2.75) is 71.8 Å². The van der Waals surface area contributed by atoms with Crippen molar-refractivity contribution in [2.75, 3.05) is 20.8 Å². The van der Waals surface area contributed by atoms with Gasteiger partial charge < -0.3 is 30.3 Å². The molecule has 4 N–H and O–H groups in total. The van der Waals surface area contributed by atoms with Gasteiger partial charge in [-0.2, -0.15) is 0 Å². The summed E-state index contributed by atoms with van der Waals surface area (Å²) in [6.45, 7) is 8.82. The number of methoxy groups -OCH3 is 2. The molecule has 1 aliphatic carbocycles. The molecule has 2 bridgehead atoms. The van der Waals surface area contributed by atoms with E-state index >= 15 is 0 Å². The number of hydrogen-bond acceptors (Lipinski definition) is 8. The van der Waals surface area contributed by atoms with Gasteiger partial charge in [0.05, 0.1) is 36.3 Å². The lowest BCUT2D eigenvalue weighted by Crippen LogP contribution is -2.39. The van der Waals surface area contributed by atoms with Crippen LogP contribution in [0, 0.1) is 18.3 Å². The Bertz CT molecular complexity index is 1070. The zero-order valence-electron chi connectivity index (χ0n) is 24.0. The van der Waals surface area contributed by atoms with Gasteiger partial charge >= 0.3 is 0 Å². The number of carbonyl (C=O) groups is 3. The molecule has 0 aromatic rings. The summed E-state index contributed by atoms with van der Waals surface area (Å²) in [5.41, 5.74) is 1.47. The lowest BCUT2D eigenvalue weighted by molar-refractivity contribution is -0.120. The minimum Gasteiger partial charge on any atom is -0.394 e. The lowest BCUT2D eigenvalue weighted by Gasteiger charge is -2.29. The molecular formula is C30H43N2O7. The highest BCUT2D eigenvalue weighted by Gasteiger charge is 2.33. The topological polar surface area (TPSA) is 134 Å². The maximum atomic E-state index is 13.5. The Balaban J connectivity index is 2.54. The number of ether oxygens (including phenoxy) is 2. The summed E-state index contributed by atoms with van der Waals surface area (Å²) in [4.78, 5) is 39.5. The Kier molecular flexibility index (Phi) is 12.5. The normalized spacial score (nSPS) is 32.4. The first-order valence-electron chi connectivity index (χ1n) is 13.3. The van der Waals surface area contributed by atoms with Crippen molar-refractivity contribution in [3.63, 3.8) is 0 Å². The number of aliphatic hydroxyl groups is 2. The smallest absolute Gasteiger partial charge is 0.251 e. The lowest BCUT2D eigenvalue weighted by atomic mass is 9.85. The second kappa shape index (κ2) is 15.1. The van der Waals surface area contributed by atoms with E-state index in [1.165, 1.54) is 7.11 Å². The Morgan fingerprint density at radius 1 is 1.15 bits per heavy atom. The number of fused-ring (bicyclic) bond motifs is 2. The van der Waals surface area contributed by atoms with Gasteiger partial charge in [-0.05, 0) is 39.5 Å². The number of hydrogen-bond donors (Lipinski definition) is 4. The van der Waals surface area contributed by atoms with E-state index in [-0.39, 0.29) is 47.9 Å². The first kappa shape index (κ1) is 32.4. The molecule has 1 amide bonds. The molecule has 0 saturated heterocycles. The van der Waals surface area contributed by atoms with Crippen LogP contribution >= 0.6 is 0 Å². The molecule has 0 aromatic carbocycles. The number of nitrogens with one attached hydrogen (secondary N) is 2. The van der Waals surface area contributed by atoms with Gasteiger partial charge in [-0.25, -0.2) is 0 Å². The molecule has 0 aromatic heterocycles. The van der Waals surface area contributed by atoms with Crippen LogP contribution in [0.15, 0.2) is 58.5 Å². The van der Waals surface area contributed by atoms with Gasteiger partial charge in [0.1, 0.15) is 0 Å². The quantitative estimate of drug-likeness (QED) is 0.389. The Labute approximate surface area is 231 Å². The minimum absolute atomic E-state index is 0.107. The fourth-order valence-electron chi connectivity index (χ4n) is 4.61. The average Bonchev–Trinajstić information content (AvgIpc) is 2.89. The summed E-state index contributed by atoms with van der Waals surface area (Å²) >= 11 is 0. The van der Waals surface area contributed by atoms with Gasteiger partial charge in [0.15, 0.2) is 0 Å². The summed E-state index contributed by atoms with van der Waals surface area (Å²) in [5.74, 6) is -1.85. The second-order valence-corrected chi connectivity index (χ2v) is 10.5. The molecule has 9 nitrogen and oxygen atoms in total. The third kappa shape index (κ3) is 9.10. The number of carbonyl (C=O) groups excluding carboxylic acids is 3. The predicted octanol–water partition coefficient (Wildman–Crippen LogP) is 2.47. The van der Waals surface area contributed by atoms with Crippen molar-refractivity contribution in [3.8, 4) is 0 Å². The van der Waals surface area contributed by atoms with Crippen LogP contribution in [0.1, 0.15) is 47.5 Å². The molecule has 0 spiro atoms. The van der Waals surface area contributed by atoms with E-state index in [9.17, 15) is 24.6 Å². The van der Waals surface area contributed by atoms with Crippen molar-refractivity contribution in [1.82, 2.24) is 10.6 Å². The van der Waals surface area contributed by atoms with Crippen molar-refractivity contribution < 1.29 is 34.1 Å². The molecule has 215 valence electrons. The van der Waals surface area contributed by atoms with Crippen LogP contribution in [0.4, 0.5) is 0 Å². The Morgan fingerprint density at radius 3 is 2.46 bits per heavy atom. The molecule has 6 atom stereocenters. The molecule has 1 aliphatic heterocycles. The van der Waals surface area contributed by atoms with Crippen LogP contribution in [0.5, 0.6) is 0 Å². The van der Waals surface area contributed by atoms with Gasteiger partial charge in [-0.1, -0.05) is 43.7 Å². The zero-order valence-corrected chi connectivity index (χ0v) is 24.0. The first-order chi connectivity index (χ1) is 18.4. The molecule has 2 aliphatic rings. The van der Waals surface area contributed by atoms with Crippen molar-refractivity contribution in [3.05, 3.63) is 64.9 Å². The summed E-state index contributed by atoms with van der Waals surface area (Å²) < 4.78 is 11.2. The van der Waals surface area contributed by atoms with Crippen LogP contribution in [0.2, 0.25) is 0 Å². The third-order valence-electron chi connectivity index (χ3n) is 6.90. The molecule has 0 saturated carbocycles. The number of ketones is 2. The number of allylic oxidation sites excluding steroid dienone is 4. The monoisotopic (exact) mass is 543 g/mol. The van der Waals surface area contributed by atoms with Crippen molar-refractivity contribution >= 4 is 17.5 Å². The summed E-state index contributed by atoms with van der Waals surface area (Å²) in [6, 6.07) is -0.463. The minimum atomic E-state index is -0.815. The number of amides is 1. The largest absolute Gasteiger partial charge is 0.394 e. The van der Waals surface area contributed by atoms with Crippen molar-refractivity contribution in [2.24, 2.45) is 11.8 Å². The maximum Gasteiger partial charge on any atom is 0.251 e. The maximum absolute atomic E-state index is 13.5. The van der Waals surface area contributed by atoms with E-state index in [1.807, 2.05) is 33.3 Å². The van der Waals surface area contributed by atoms with E-state index in [0.29, 0.717) is 12.0 Å². The first-order valence-corrected chi connectivity index (χ1v) is 13.3. The molecule has 2 rings (SSSR count). The van der Waals surface area contributed by atoms with Crippen LogP contribution in [0.25, 0.3) is 0 Å². The fraction of sp³-hybridized carbons (Fsp3) is 0.533. The predicted molar refractivity (Wildman–Crippen MR) is 149 cm³/mol. The third-order valence-corrected chi connectivity index (χ3v) is 6.90. The molecule has 0 unspecified atom stereocenters. The highest BCUT2D eigenvalue weighted by atomic mass is 16.5. The number of aliphatic hydroxyl groups excluding tert-OH is 2. The van der Waals surface area contributed by atoms with Gasteiger partial charge in [0.2, 0.25) is 11.6 Å². The molecule has 0 fully saturated rings. The van der Waals surface area contributed by atoms with Crippen LogP contribution in [-0.4, -0.2) is 72.9 Å². The molecular weight excluding hydrogens is 500 g/mol. The number of rotatable bonds is 5. The molecule has 9 heteroatoms. The van der Waals surface area contributed by atoms with Crippen LogP contribution in [-0.2, 0) is 23.9 Å². The summed E-state index contributed by atoms with van der Waals surface area (Å²) in [6.07, 6.45) is 8.96. The molecule has 1 heterocycles. The van der Waals surface area contributed by atoms with E-state index in [0.717, 1.165) is 11.6 Å². The van der Waals surface area contributed by atoms with E-state index in [2.05, 4.69) is 10.6 Å². The van der Waals surface area contributed by atoms with Crippen LogP contribution < -0.4 is 10.6 Å². The molecule has 1 radical (unpaired) electrons. The van der Waals surface area contributed by atoms with Gasteiger partial charge in [0.25, 0.3) is 5.91 Å². The Hall–Kier alpha value is -2.85. The average molecular weight is 544 g/mol. The standard InChI is InChI=1S/C30H43N2O7/c1-17-11-20(4)28(35)26(39-7)14-18(2)13-23-27(31-21(5)16-33)25(34)15-24(29(23)36)32-30(37)19(3)9-8-10-22(12-17)38-6/h8-12,15,18,20-22,26,28,31,33,35H,13-14,16H2,1-7H3,(H,32,37)/b10-8+,17-11+,19-9-/t18-,20+,21+,22-,26+,28-/m1/s1. The van der Waals surface area contributed by atoms with Crippen molar-refractivity contribution in [1.29, 1.82) is 0 Å². The number of Topliss-reactive ketones (excluding diaryl/α,β-unsaturated/α-hetero) is 1. The van der Waals surface area contributed by atoms with Gasteiger partial charge in [-0.15, -0.1) is 0 Å². The van der Waals surface area contributed by atoms with Gasteiger partial charge in [-0.3, -0.25) is 14.4 Å². The summed E-state index contributed by atoms with van der Waals surface area (Å²) in [7, 11) is 3.11. The zero-order chi connectivity index (χ0) is 29.3. The highest BCUT2D eigenvalue weighted by molar-refractivity contribution is 6.23.